The third kappa shape index (κ3) is 2.46. The van der Waals surface area contributed by atoms with Gasteiger partial charge in [-0.05, 0) is 42.2 Å². The van der Waals surface area contributed by atoms with Crippen molar-refractivity contribution in [2.45, 2.75) is 19.4 Å². The molecule has 3 nitrogen and oxygen atoms in total. The molecule has 0 spiro atoms. The summed E-state index contributed by atoms with van der Waals surface area (Å²) < 4.78 is 5.55. The average Bonchev–Trinajstić information content (AvgIpc) is 2.47. The lowest BCUT2D eigenvalue weighted by Crippen LogP contribution is -2.27. The summed E-state index contributed by atoms with van der Waals surface area (Å²) in [7, 11) is 4.13. The van der Waals surface area contributed by atoms with Crippen molar-refractivity contribution in [3.05, 3.63) is 52.7 Å². The third-order valence-corrected chi connectivity index (χ3v) is 4.11. The number of fused-ring (bicyclic) bond motifs is 1. The SMILES string of the molecule is CC1=C2COCCC2=CC(c2ccc(N(C)C)cc2)N1. The molecule has 2 heterocycles. The maximum absolute atomic E-state index is 5.55. The molecule has 20 heavy (non-hydrogen) atoms. The van der Waals surface area contributed by atoms with Crippen LogP contribution < -0.4 is 10.2 Å². The number of hydrogen-bond donors (Lipinski definition) is 1. The van der Waals surface area contributed by atoms with Crippen LogP contribution >= 0.6 is 0 Å². The standard InChI is InChI=1S/C17H22N2O/c1-12-16-11-20-9-8-14(16)10-17(18-12)13-4-6-15(7-5-13)19(2)3/h4-7,10,17-18H,8-9,11H2,1-3H3. The quantitative estimate of drug-likeness (QED) is 0.894. The Bertz CT molecular complexity index is 555. The molecule has 1 aromatic carbocycles. The smallest absolute Gasteiger partial charge is 0.0736 e. The number of nitrogens with one attached hydrogen (secondary N) is 1. The van der Waals surface area contributed by atoms with Gasteiger partial charge in [-0.2, -0.15) is 0 Å². The summed E-state index contributed by atoms with van der Waals surface area (Å²) in [5.74, 6) is 0. The molecule has 3 rings (SSSR count). The lowest BCUT2D eigenvalue weighted by molar-refractivity contribution is 0.143. The maximum Gasteiger partial charge on any atom is 0.0736 e. The van der Waals surface area contributed by atoms with Crippen molar-refractivity contribution >= 4 is 5.69 Å². The lowest BCUT2D eigenvalue weighted by Gasteiger charge is -2.30. The third-order valence-electron chi connectivity index (χ3n) is 4.11. The van der Waals surface area contributed by atoms with Gasteiger partial charge in [-0.3, -0.25) is 0 Å². The number of anilines is 1. The first-order valence-corrected chi connectivity index (χ1v) is 7.17. The number of dihydropyridines is 1. The average molecular weight is 270 g/mol. The van der Waals surface area contributed by atoms with Gasteiger partial charge in [-0.25, -0.2) is 0 Å². The highest BCUT2D eigenvalue weighted by atomic mass is 16.5. The number of ether oxygens (including phenoxy) is 1. The Morgan fingerprint density at radius 3 is 2.65 bits per heavy atom. The van der Waals surface area contributed by atoms with Crippen molar-refractivity contribution in [2.75, 3.05) is 32.2 Å². The molecule has 0 aromatic heterocycles. The normalized spacial score (nSPS) is 21.9. The van der Waals surface area contributed by atoms with Crippen LogP contribution in [0.4, 0.5) is 5.69 Å². The molecule has 1 N–H and O–H groups in total. The van der Waals surface area contributed by atoms with E-state index in [0.29, 0.717) is 0 Å². The molecular formula is C17H22N2O. The van der Waals surface area contributed by atoms with E-state index in [2.05, 4.69) is 61.6 Å². The Balaban J connectivity index is 1.85. The second-order valence-electron chi connectivity index (χ2n) is 5.71. The van der Waals surface area contributed by atoms with Gasteiger partial charge in [0.15, 0.2) is 0 Å². The Morgan fingerprint density at radius 2 is 1.95 bits per heavy atom. The molecule has 1 atom stereocenters. The summed E-state index contributed by atoms with van der Waals surface area (Å²) in [6.45, 7) is 3.74. The molecule has 0 radical (unpaired) electrons. The molecule has 1 unspecified atom stereocenters. The summed E-state index contributed by atoms with van der Waals surface area (Å²) in [4.78, 5) is 2.12. The van der Waals surface area contributed by atoms with Gasteiger partial charge in [0.25, 0.3) is 0 Å². The largest absolute Gasteiger partial charge is 0.378 e. The molecule has 3 heteroatoms. The first-order chi connectivity index (χ1) is 9.65. The van der Waals surface area contributed by atoms with E-state index in [4.69, 9.17) is 4.74 Å². The Morgan fingerprint density at radius 1 is 1.20 bits per heavy atom. The van der Waals surface area contributed by atoms with E-state index in [1.165, 1.54) is 28.1 Å². The molecular weight excluding hydrogens is 248 g/mol. The van der Waals surface area contributed by atoms with Gasteiger partial charge in [-0.15, -0.1) is 0 Å². The number of nitrogens with zero attached hydrogens (tertiary/aromatic N) is 1. The molecule has 0 saturated carbocycles. The van der Waals surface area contributed by atoms with Crippen LogP contribution in [0, 0.1) is 0 Å². The monoisotopic (exact) mass is 270 g/mol. The topological polar surface area (TPSA) is 24.5 Å². The number of allylic oxidation sites excluding steroid dienone is 1. The summed E-state index contributed by atoms with van der Waals surface area (Å²) in [6.07, 6.45) is 3.39. The summed E-state index contributed by atoms with van der Waals surface area (Å²) in [6, 6.07) is 9.05. The van der Waals surface area contributed by atoms with E-state index in [9.17, 15) is 0 Å². The van der Waals surface area contributed by atoms with Crippen molar-refractivity contribution in [3.63, 3.8) is 0 Å². The molecule has 1 aromatic rings. The molecule has 2 aliphatic heterocycles. The van der Waals surface area contributed by atoms with Crippen molar-refractivity contribution in [2.24, 2.45) is 0 Å². The molecule has 1 fully saturated rings. The Kier molecular flexibility index (Phi) is 3.53. The fourth-order valence-electron chi connectivity index (χ4n) is 2.86. The van der Waals surface area contributed by atoms with Crippen LogP contribution in [-0.2, 0) is 4.74 Å². The van der Waals surface area contributed by atoms with Crippen molar-refractivity contribution < 1.29 is 4.74 Å². The number of hydrogen-bond acceptors (Lipinski definition) is 3. The van der Waals surface area contributed by atoms with Crippen LogP contribution in [0.25, 0.3) is 0 Å². The van der Waals surface area contributed by atoms with Gasteiger partial charge in [-0.1, -0.05) is 18.2 Å². The predicted octanol–water partition coefficient (Wildman–Crippen LogP) is 3.02. The number of benzene rings is 1. The van der Waals surface area contributed by atoms with Crippen LogP contribution in [0.5, 0.6) is 0 Å². The van der Waals surface area contributed by atoms with Crippen LogP contribution in [0.3, 0.4) is 0 Å². The zero-order valence-electron chi connectivity index (χ0n) is 12.4. The van der Waals surface area contributed by atoms with Crippen molar-refractivity contribution in [1.29, 1.82) is 0 Å². The summed E-state index contributed by atoms with van der Waals surface area (Å²) >= 11 is 0. The fraction of sp³-hybridized carbons (Fsp3) is 0.412. The van der Waals surface area contributed by atoms with Gasteiger partial charge < -0.3 is 15.0 Å². The molecule has 1 saturated heterocycles. The van der Waals surface area contributed by atoms with E-state index >= 15 is 0 Å². The Hall–Kier alpha value is -1.74. The van der Waals surface area contributed by atoms with Crippen LogP contribution in [0.1, 0.15) is 24.9 Å². The second-order valence-corrected chi connectivity index (χ2v) is 5.71. The highest BCUT2D eigenvalue weighted by Gasteiger charge is 2.22. The van der Waals surface area contributed by atoms with Crippen LogP contribution in [-0.4, -0.2) is 27.3 Å². The van der Waals surface area contributed by atoms with Gasteiger partial charge in [0.1, 0.15) is 0 Å². The summed E-state index contributed by atoms with van der Waals surface area (Å²) in [5, 5.41) is 3.59. The van der Waals surface area contributed by atoms with Gasteiger partial charge in [0, 0.05) is 25.5 Å². The predicted molar refractivity (Wildman–Crippen MR) is 82.9 cm³/mol. The first kappa shape index (κ1) is 13.3. The van der Waals surface area contributed by atoms with E-state index in [-0.39, 0.29) is 6.04 Å². The fourth-order valence-corrected chi connectivity index (χ4v) is 2.86. The van der Waals surface area contributed by atoms with Gasteiger partial charge in [0.2, 0.25) is 0 Å². The van der Waals surface area contributed by atoms with Crippen LogP contribution in [0.15, 0.2) is 47.2 Å². The number of rotatable bonds is 2. The molecule has 2 aliphatic rings. The van der Waals surface area contributed by atoms with Crippen molar-refractivity contribution in [3.8, 4) is 0 Å². The van der Waals surface area contributed by atoms with Crippen molar-refractivity contribution in [1.82, 2.24) is 5.32 Å². The molecule has 106 valence electrons. The summed E-state index contributed by atoms with van der Waals surface area (Å²) in [5.41, 5.74) is 6.60. The van der Waals surface area contributed by atoms with E-state index in [0.717, 1.165) is 19.6 Å². The minimum Gasteiger partial charge on any atom is -0.378 e. The van der Waals surface area contributed by atoms with E-state index in [1.54, 1.807) is 0 Å². The van der Waals surface area contributed by atoms with E-state index in [1.807, 2.05) is 0 Å². The zero-order chi connectivity index (χ0) is 14.1. The van der Waals surface area contributed by atoms with Gasteiger partial charge >= 0.3 is 0 Å². The van der Waals surface area contributed by atoms with Gasteiger partial charge in [0.05, 0.1) is 19.3 Å². The second kappa shape index (κ2) is 5.33. The first-order valence-electron chi connectivity index (χ1n) is 7.17. The molecule has 0 bridgehead atoms. The minimum absolute atomic E-state index is 0.281. The lowest BCUT2D eigenvalue weighted by atomic mass is 9.91. The van der Waals surface area contributed by atoms with E-state index < -0.39 is 0 Å². The highest BCUT2D eigenvalue weighted by Crippen LogP contribution is 2.32. The maximum atomic E-state index is 5.55. The molecule has 0 amide bonds. The zero-order valence-corrected chi connectivity index (χ0v) is 12.4. The van der Waals surface area contributed by atoms with Crippen LogP contribution in [0.2, 0.25) is 0 Å². The highest BCUT2D eigenvalue weighted by molar-refractivity contribution is 5.49. The Labute approximate surface area is 120 Å². The minimum atomic E-state index is 0.281. The molecule has 0 aliphatic carbocycles.